The summed E-state index contributed by atoms with van der Waals surface area (Å²) >= 11 is 0. The van der Waals surface area contributed by atoms with Crippen molar-refractivity contribution in [3.05, 3.63) is 59.7 Å². The van der Waals surface area contributed by atoms with Crippen molar-refractivity contribution in [3.63, 3.8) is 0 Å². The van der Waals surface area contributed by atoms with E-state index in [1.54, 1.807) is 6.07 Å². The second-order valence-electron chi connectivity index (χ2n) is 6.84. The number of halogens is 2. The Morgan fingerprint density at radius 3 is 2.56 bits per heavy atom. The van der Waals surface area contributed by atoms with Crippen molar-refractivity contribution in [2.24, 2.45) is 5.41 Å². The van der Waals surface area contributed by atoms with Crippen molar-refractivity contribution in [1.29, 1.82) is 0 Å². The van der Waals surface area contributed by atoms with Crippen LogP contribution < -0.4 is 5.32 Å². The molecule has 0 radical (unpaired) electrons. The number of carbonyl (C=O) groups is 1. The van der Waals surface area contributed by atoms with Crippen molar-refractivity contribution in [2.75, 3.05) is 26.4 Å². The molecule has 2 aromatic rings. The average molecular weight is 375 g/mol. The third-order valence-electron chi connectivity index (χ3n) is 5.11. The van der Waals surface area contributed by atoms with Gasteiger partial charge in [0.15, 0.2) is 11.6 Å². The molecule has 0 aliphatic carbocycles. The molecule has 1 aliphatic heterocycles. The fourth-order valence-electron chi connectivity index (χ4n) is 3.59. The van der Waals surface area contributed by atoms with Crippen molar-refractivity contribution in [3.8, 4) is 11.1 Å². The summed E-state index contributed by atoms with van der Waals surface area (Å²) in [5.41, 5.74) is 1.59. The zero-order chi connectivity index (χ0) is 19.3. The second kappa shape index (κ2) is 8.59. The van der Waals surface area contributed by atoms with Gasteiger partial charge in [-0.1, -0.05) is 30.3 Å². The molecule has 2 aromatic carbocycles. The quantitative estimate of drug-likeness (QED) is 0.816. The van der Waals surface area contributed by atoms with E-state index in [2.05, 4.69) is 5.32 Å². The van der Waals surface area contributed by atoms with Crippen LogP contribution in [0.4, 0.5) is 8.78 Å². The molecule has 0 bridgehead atoms. The molecule has 0 saturated carbocycles. The average Bonchev–Trinajstić information content (AvgIpc) is 2.69. The zero-order valence-corrected chi connectivity index (χ0v) is 15.0. The van der Waals surface area contributed by atoms with Gasteiger partial charge < -0.3 is 15.2 Å². The minimum atomic E-state index is -0.899. The molecule has 1 saturated heterocycles. The Morgan fingerprint density at radius 1 is 1.11 bits per heavy atom. The Kier molecular flexibility index (Phi) is 6.19. The van der Waals surface area contributed by atoms with Crippen molar-refractivity contribution < 1.29 is 23.4 Å². The van der Waals surface area contributed by atoms with E-state index >= 15 is 0 Å². The van der Waals surface area contributed by atoms with E-state index in [9.17, 15) is 13.6 Å². The molecule has 1 aliphatic rings. The van der Waals surface area contributed by atoms with E-state index in [0.717, 1.165) is 17.2 Å². The Hall–Kier alpha value is -2.31. The maximum absolute atomic E-state index is 13.7. The fourth-order valence-corrected chi connectivity index (χ4v) is 3.59. The molecule has 4 nitrogen and oxygen atoms in total. The Morgan fingerprint density at radius 2 is 1.85 bits per heavy atom. The van der Waals surface area contributed by atoms with Crippen molar-refractivity contribution in [1.82, 2.24) is 5.32 Å². The number of aliphatic hydroxyl groups excluding tert-OH is 1. The fraction of sp³-hybridized carbons (Fsp3) is 0.381. The van der Waals surface area contributed by atoms with E-state index in [4.69, 9.17) is 9.84 Å². The SMILES string of the molecule is O=C(NCCO)C1(Cc2ccccc2-c2ccc(F)c(F)c2)CCOCC1. The monoisotopic (exact) mass is 375 g/mol. The summed E-state index contributed by atoms with van der Waals surface area (Å²) in [6.07, 6.45) is 1.59. The molecular formula is C21H23F2NO3. The number of hydrogen-bond acceptors (Lipinski definition) is 3. The standard InChI is InChI=1S/C21H23F2NO3/c22-18-6-5-15(13-19(18)23)17-4-2-1-3-16(17)14-21(7-11-27-12-8-21)20(26)24-9-10-25/h1-6,13,25H,7-12,14H2,(H,24,26). The van der Waals surface area contributed by atoms with Crippen LogP contribution in [0.1, 0.15) is 18.4 Å². The summed E-state index contributed by atoms with van der Waals surface area (Å²) in [6, 6.07) is 11.3. The first-order valence-electron chi connectivity index (χ1n) is 9.06. The molecule has 1 heterocycles. The first-order valence-corrected chi connectivity index (χ1v) is 9.06. The van der Waals surface area contributed by atoms with Gasteiger partial charge in [-0.3, -0.25) is 4.79 Å². The third-order valence-corrected chi connectivity index (χ3v) is 5.11. The lowest BCUT2D eigenvalue weighted by Gasteiger charge is -2.36. The number of benzene rings is 2. The first kappa shape index (κ1) is 19.5. The maximum atomic E-state index is 13.7. The Balaban J connectivity index is 1.95. The molecule has 1 amide bonds. The van der Waals surface area contributed by atoms with Gasteiger partial charge in [-0.05, 0) is 48.1 Å². The van der Waals surface area contributed by atoms with Gasteiger partial charge in [0.2, 0.25) is 5.91 Å². The van der Waals surface area contributed by atoms with Crippen LogP contribution in [0.2, 0.25) is 0 Å². The molecule has 3 rings (SSSR count). The predicted octanol–water partition coefficient (Wildman–Crippen LogP) is 3.08. The molecular weight excluding hydrogens is 352 g/mol. The van der Waals surface area contributed by atoms with E-state index in [1.807, 2.05) is 24.3 Å². The first-order chi connectivity index (χ1) is 13.1. The molecule has 6 heteroatoms. The van der Waals surface area contributed by atoms with Crippen LogP contribution in [0, 0.1) is 17.0 Å². The number of amides is 1. The maximum Gasteiger partial charge on any atom is 0.226 e. The minimum absolute atomic E-state index is 0.111. The molecule has 0 spiro atoms. The van der Waals surface area contributed by atoms with Gasteiger partial charge in [0.25, 0.3) is 0 Å². The Labute approximate surface area is 157 Å². The lowest BCUT2D eigenvalue weighted by molar-refractivity contribution is -0.136. The normalized spacial score (nSPS) is 16.1. The highest BCUT2D eigenvalue weighted by molar-refractivity contribution is 5.83. The molecule has 0 atom stereocenters. The van der Waals surface area contributed by atoms with E-state index < -0.39 is 17.0 Å². The summed E-state index contributed by atoms with van der Waals surface area (Å²) in [7, 11) is 0. The van der Waals surface area contributed by atoms with Crippen LogP contribution in [0.3, 0.4) is 0 Å². The molecule has 2 N–H and O–H groups in total. The summed E-state index contributed by atoms with van der Waals surface area (Å²) in [4.78, 5) is 12.8. The van der Waals surface area contributed by atoms with Crippen LogP contribution in [-0.2, 0) is 16.0 Å². The summed E-state index contributed by atoms with van der Waals surface area (Å²) < 4.78 is 32.5. The second-order valence-corrected chi connectivity index (χ2v) is 6.84. The predicted molar refractivity (Wildman–Crippen MR) is 98.1 cm³/mol. The highest BCUT2D eigenvalue weighted by Crippen LogP contribution is 2.37. The van der Waals surface area contributed by atoms with Crippen LogP contribution in [0.5, 0.6) is 0 Å². The number of nitrogens with one attached hydrogen (secondary N) is 1. The van der Waals surface area contributed by atoms with E-state index in [0.29, 0.717) is 38.0 Å². The largest absolute Gasteiger partial charge is 0.395 e. The van der Waals surface area contributed by atoms with Gasteiger partial charge >= 0.3 is 0 Å². The van der Waals surface area contributed by atoms with Crippen molar-refractivity contribution >= 4 is 5.91 Å². The molecule has 27 heavy (non-hydrogen) atoms. The lowest BCUT2D eigenvalue weighted by atomic mass is 9.73. The van der Waals surface area contributed by atoms with Crippen LogP contribution in [0.15, 0.2) is 42.5 Å². The summed E-state index contributed by atoms with van der Waals surface area (Å²) in [5.74, 6) is -1.90. The molecule has 0 unspecified atom stereocenters. The van der Waals surface area contributed by atoms with Gasteiger partial charge in [-0.15, -0.1) is 0 Å². The number of carbonyl (C=O) groups excluding carboxylic acids is 1. The summed E-state index contributed by atoms with van der Waals surface area (Å²) in [5, 5.41) is 11.8. The minimum Gasteiger partial charge on any atom is -0.395 e. The number of hydrogen-bond donors (Lipinski definition) is 2. The van der Waals surface area contributed by atoms with Crippen LogP contribution in [-0.4, -0.2) is 37.4 Å². The van der Waals surface area contributed by atoms with Gasteiger partial charge in [0.05, 0.1) is 12.0 Å². The van der Waals surface area contributed by atoms with Crippen LogP contribution in [0.25, 0.3) is 11.1 Å². The highest BCUT2D eigenvalue weighted by Gasteiger charge is 2.40. The number of rotatable bonds is 6. The molecule has 0 aromatic heterocycles. The van der Waals surface area contributed by atoms with Gasteiger partial charge in [0.1, 0.15) is 0 Å². The summed E-state index contributed by atoms with van der Waals surface area (Å²) in [6.45, 7) is 1.05. The van der Waals surface area contributed by atoms with Gasteiger partial charge in [-0.2, -0.15) is 0 Å². The third kappa shape index (κ3) is 4.34. The van der Waals surface area contributed by atoms with Crippen molar-refractivity contribution in [2.45, 2.75) is 19.3 Å². The topological polar surface area (TPSA) is 58.6 Å². The molecule has 1 fully saturated rings. The smallest absolute Gasteiger partial charge is 0.226 e. The van der Waals surface area contributed by atoms with Gasteiger partial charge in [-0.25, -0.2) is 8.78 Å². The number of aliphatic hydroxyl groups is 1. The number of ether oxygens (including phenoxy) is 1. The highest BCUT2D eigenvalue weighted by atomic mass is 19.2. The Bertz CT molecular complexity index is 804. The zero-order valence-electron chi connectivity index (χ0n) is 15.0. The van der Waals surface area contributed by atoms with Crippen LogP contribution >= 0.6 is 0 Å². The van der Waals surface area contributed by atoms with E-state index in [-0.39, 0.29) is 19.1 Å². The van der Waals surface area contributed by atoms with E-state index in [1.165, 1.54) is 6.07 Å². The lowest BCUT2D eigenvalue weighted by Crippen LogP contribution is -2.46. The molecule has 144 valence electrons. The van der Waals surface area contributed by atoms with Gasteiger partial charge in [0, 0.05) is 19.8 Å².